The summed E-state index contributed by atoms with van der Waals surface area (Å²) in [4.78, 5) is 13.0. The summed E-state index contributed by atoms with van der Waals surface area (Å²) in [6, 6.07) is 1.41. The van der Waals surface area contributed by atoms with Crippen molar-refractivity contribution < 1.29 is 17.9 Å². The van der Waals surface area contributed by atoms with E-state index in [-0.39, 0.29) is 16.9 Å². The second-order valence-electron chi connectivity index (χ2n) is 5.59. The molecule has 0 aliphatic heterocycles. The molecule has 0 radical (unpaired) electrons. The number of ether oxygens (including phenoxy) is 1. The van der Waals surface area contributed by atoms with Crippen molar-refractivity contribution in [3.8, 4) is 5.88 Å². The van der Waals surface area contributed by atoms with Gasteiger partial charge in [-0.2, -0.15) is 5.10 Å². The smallest absolute Gasteiger partial charge is 0.391 e. The monoisotopic (exact) mass is 315 g/mol. The summed E-state index contributed by atoms with van der Waals surface area (Å²) < 4.78 is 30.2. The van der Waals surface area contributed by atoms with Crippen molar-refractivity contribution in [2.45, 2.75) is 43.2 Å². The fourth-order valence-electron chi connectivity index (χ4n) is 2.38. The topological polar surface area (TPSA) is 81.5 Å². The molecule has 21 heavy (non-hydrogen) atoms. The maximum Gasteiger partial charge on any atom is 0.416 e. The molecule has 0 bridgehead atoms. The van der Waals surface area contributed by atoms with Crippen molar-refractivity contribution in [3.05, 3.63) is 6.07 Å². The summed E-state index contributed by atoms with van der Waals surface area (Å²) >= 11 is 0. The second kappa shape index (κ2) is 6.05. The molecule has 1 aliphatic rings. The molecule has 1 amide bonds. The molecule has 0 spiro atoms. The third kappa shape index (κ3) is 3.75. The van der Waals surface area contributed by atoms with E-state index in [0.29, 0.717) is 0 Å². The Kier molecular flexibility index (Phi) is 4.55. The lowest BCUT2D eigenvalue weighted by atomic mass is 9.96. The van der Waals surface area contributed by atoms with Gasteiger partial charge in [-0.15, -0.1) is 0 Å². The van der Waals surface area contributed by atoms with Gasteiger partial charge in [-0.05, 0) is 12.8 Å². The summed E-state index contributed by atoms with van der Waals surface area (Å²) in [7, 11) is -0.295. The molecule has 1 aromatic rings. The predicted octanol–water partition coefficient (Wildman–Crippen LogP) is 1.85. The maximum absolute atomic E-state index is 11.7. The first kappa shape index (κ1) is 15.8. The number of carbonyl (C=O) groups excluding carboxylic acids is 1. The lowest BCUT2D eigenvalue weighted by molar-refractivity contribution is 0.163. The van der Waals surface area contributed by atoms with E-state index in [1.54, 1.807) is 18.8 Å². The first-order chi connectivity index (χ1) is 9.79. The van der Waals surface area contributed by atoms with Gasteiger partial charge in [0.15, 0.2) is 14.9 Å². The molecule has 2 rings (SSSR count). The van der Waals surface area contributed by atoms with Crippen molar-refractivity contribution >= 4 is 15.9 Å². The first-order valence-electron chi connectivity index (χ1n) is 6.98. The normalized spacial score (nSPS) is 16.7. The minimum atomic E-state index is -3.44. The van der Waals surface area contributed by atoms with Gasteiger partial charge >= 0.3 is 6.09 Å². The van der Waals surface area contributed by atoms with Crippen LogP contribution in [0.3, 0.4) is 0 Å². The van der Waals surface area contributed by atoms with Crippen LogP contribution >= 0.6 is 0 Å². The Labute approximate surface area is 124 Å². The summed E-state index contributed by atoms with van der Waals surface area (Å²) in [5, 5.41) is 4.09. The highest BCUT2D eigenvalue weighted by molar-refractivity contribution is 7.90. The van der Waals surface area contributed by atoms with Gasteiger partial charge in [0.1, 0.15) is 0 Å². The Bertz CT molecular complexity index is 615. The van der Waals surface area contributed by atoms with Crippen molar-refractivity contribution in [2.75, 3.05) is 20.4 Å². The van der Waals surface area contributed by atoms with Gasteiger partial charge in [0.2, 0.25) is 5.88 Å². The van der Waals surface area contributed by atoms with E-state index in [1.165, 1.54) is 17.4 Å². The fourth-order valence-corrected chi connectivity index (χ4v) is 2.93. The number of hydrogen-bond donors (Lipinski definition) is 0. The molecule has 7 nitrogen and oxygen atoms in total. The van der Waals surface area contributed by atoms with Crippen molar-refractivity contribution in [1.29, 1.82) is 0 Å². The van der Waals surface area contributed by atoms with Crippen LogP contribution in [-0.2, 0) is 9.84 Å². The fraction of sp³-hybridized carbons (Fsp3) is 0.692. The molecule has 1 aromatic heterocycles. The van der Waals surface area contributed by atoms with E-state index < -0.39 is 15.9 Å². The van der Waals surface area contributed by atoms with Crippen molar-refractivity contribution in [3.63, 3.8) is 0 Å². The Morgan fingerprint density at radius 3 is 2.48 bits per heavy atom. The van der Waals surface area contributed by atoms with Crippen LogP contribution in [-0.4, -0.2) is 49.5 Å². The number of amides is 1. The molecule has 1 aliphatic carbocycles. The van der Waals surface area contributed by atoms with Crippen molar-refractivity contribution in [2.24, 2.45) is 0 Å². The van der Waals surface area contributed by atoms with E-state index in [9.17, 15) is 13.2 Å². The highest BCUT2D eigenvalue weighted by Crippen LogP contribution is 2.32. The third-order valence-corrected chi connectivity index (χ3v) is 4.50. The zero-order valence-corrected chi connectivity index (χ0v) is 13.4. The SMILES string of the molecule is CN(C)C(=O)Oc1cc(S(C)(=O)=O)nn1C1CCCCC1. The van der Waals surface area contributed by atoms with Gasteiger partial charge in [-0.1, -0.05) is 19.3 Å². The predicted molar refractivity (Wildman–Crippen MR) is 77.2 cm³/mol. The van der Waals surface area contributed by atoms with Crippen LogP contribution in [0.25, 0.3) is 0 Å². The zero-order chi connectivity index (χ0) is 15.6. The lowest BCUT2D eigenvalue weighted by Crippen LogP contribution is -2.27. The largest absolute Gasteiger partial charge is 0.416 e. The van der Waals surface area contributed by atoms with Crippen LogP contribution in [0.4, 0.5) is 4.79 Å². The van der Waals surface area contributed by atoms with Gasteiger partial charge in [-0.25, -0.2) is 17.9 Å². The van der Waals surface area contributed by atoms with Crippen LogP contribution in [0.15, 0.2) is 11.1 Å². The molecule has 0 atom stereocenters. The van der Waals surface area contributed by atoms with E-state index >= 15 is 0 Å². The van der Waals surface area contributed by atoms with Crippen LogP contribution in [0.2, 0.25) is 0 Å². The number of nitrogens with zero attached hydrogens (tertiary/aromatic N) is 3. The van der Waals surface area contributed by atoms with Gasteiger partial charge in [-0.3, -0.25) is 0 Å². The first-order valence-corrected chi connectivity index (χ1v) is 8.87. The van der Waals surface area contributed by atoms with Crippen LogP contribution < -0.4 is 4.74 Å². The van der Waals surface area contributed by atoms with E-state index in [1.807, 2.05) is 0 Å². The third-order valence-electron chi connectivity index (χ3n) is 3.54. The van der Waals surface area contributed by atoms with Gasteiger partial charge < -0.3 is 9.64 Å². The molecular weight excluding hydrogens is 294 g/mol. The molecule has 0 aromatic carbocycles. The molecular formula is C13H21N3O4S. The highest BCUT2D eigenvalue weighted by Gasteiger charge is 2.25. The van der Waals surface area contributed by atoms with Gasteiger partial charge in [0.25, 0.3) is 0 Å². The molecule has 118 valence electrons. The highest BCUT2D eigenvalue weighted by atomic mass is 32.2. The quantitative estimate of drug-likeness (QED) is 0.850. The Morgan fingerprint density at radius 2 is 1.95 bits per heavy atom. The second-order valence-corrected chi connectivity index (χ2v) is 7.55. The number of rotatable bonds is 3. The Hall–Kier alpha value is -1.57. The van der Waals surface area contributed by atoms with Crippen LogP contribution in [0.5, 0.6) is 5.88 Å². The molecule has 8 heteroatoms. The Balaban J connectivity index is 2.35. The van der Waals surface area contributed by atoms with Crippen LogP contribution in [0.1, 0.15) is 38.1 Å². The Morgan fingerprint density at radius 1 is 1.33 bits per heavy atom. The maximum atomic E-state index is 11.7. The average molecular weight is 315 g/mol. The van der Waals surface area contributed by atoms with Crippen molar-refractivity contribution in [1.82, 2.24) is 14.7 Å². The summed E-state index contributed by atoms with van der Waals surface area (Å²) in [5.41, 5.74) is 0. The molecule has 1 heterocycles. The summed E-state index contributed by atoms with van der Waals surface area (Å²) in [6.45, 7) is 0. The van der Waals surface area contributed by atoms with E-state index in [2.05, 4.69) is 5.10 Å². The number of carbonyl (C=O) groups is 1. The molecule has 0 unspecified atom stereocenters. The number of hydrogen-bond acceptors (Lipinski definition) is 5. The number of sulfone groups is 1. The summed E-state index contributed by atoms with van der Waals surface area (Å²) in [6.07, 6.45) is 5.68. The van der Waals surface area contributed by atoms with Gasteiger partial charge in [0.05, 0.1) is 6.04 Å². The van der Waals surface area contributed by atoms with Crippen LogP contribution in [0, 0.1) is 0 Å². The molecule has 0 N–H and O–H groups in total. The standard InChI is InChI=1S/C13H21N3O4S/c1-15(2)13(17)20-12-9-11(21(3,18)19)14-16(12)10-7-5-4-6-8-10/h9-10H,4-8H2,1-3H3. The molecule has 0 saturated heterocycles. The van der Waals surface area contributed by atoms with E-state index in [4.69, 9.17) is 4.74 Å². The molecule has 1 saturated carbocycles. The summed E-state index contributed by atoms with van der Waals surface area (Å²) in [5.74, 6) is 0.195. The molecule has 1 fully saturated rings. The number of aromatic nitrogens is 2. The van der Waals surface area contributed by atoms with E-state index in [0.717, 1.165) is 31.9 Å². The minimum absolute atomic E-state index is 0.0605. The minimum Gasteiger partial charge on any atom is -0.391 e. The average Bonchev–Trinajstić information content (AvgIpc) is 2.83. The van der Waals surface area contributed by atoms with Gasteiger partial charge in [0, 0.05) is 26.4 Å². The lowest BCUT2D eigenvalue weighted by Gasteiger charge is -2.23. The zero-order valence-electron chi connectivity index (χ0n) is 12.6.